The van der Waals surface area contributed by atoms with Gasteiger partial charge in [-0.25, -0.2) is 18.4 Å². The van der Waals surface area contributed by atoms with Crippen LogP contribution in [0.1, 0.15) is 21.7 Å². The Morgan fingerprint density at radius 2 is 2.24 bits per heavy atom. The summed E-state index contributed by atoms with van der Waals surface area (Å²) >= 11 is 1.36. The lowest BCUT2D eigenvalue weighted by molar-refractivity contribution is 0.0697. The molecule has 1 aromatic heterocycles. The summed E-state index contributed by atoms with van der Waals surface area (Å²) in [4.78, 5) is 11.5. The van der Waals surface area contributed by atoms with Crippen LogP contribution in [0.3, 0.4) is 0 Å². The van der Waals surface area contributed by atoms with Crippen LogP contribution in [0.4, 0.5) is 0 Å². The molecule has 0 atom stereocenters. The second-order valence-electron chi connectivity index (χ2n) is 3.50. The fourth-order valence-electron chi connectivity index (χ4n) is 1.20. The molecule has 8 heteroatoms. The molecular weight excluding hydrogens is 264 g/mol. The summed E-state index contributed by atoms with van der Waals surface area (Å²) in [5.41, 5.74) is 0.274. The molecule has 4 N–H and O–H groups in total. The molecule has 0 spiro atoms. The monoisotopic (exact) mass is 278 g/mol. The van der Waals surface area contributed by atoms with Crippen molar-refractivity contribution in [2.24, 2.45) is 5.14 Å². The minimum Gasteiger partial charge on any atom is -0.478 e. The molecule has 1 heterocycles. The van der Waals surface area contributed by atoms with E-state index in [0.29, 0.717) is 19.5 Å². The molecule has 0 aromatic carbocycles. The van der Waals surface area contributed by atoms with Crippen molar-refractivity contribution in [3.05, 3.63) is 21.9 Å². The average molecular weight is 278 g/mol. The number of sulfonamides is 1. The van der Waals surface area contributed by atoms with Crippen molar-refractivity contribution < 1.29 is 18.3 Å². The summed E-state index contributed by atoms with van der Waals surface area (Å²) < 4.78 is 21.3. The first-order valence-corrected chi connectivity index (χ1v) is 7.50. The largest absolute Gasteiger partial charge is 0.478 e. The fraction of sp³-hybridized carbons (Fsp3) is 0.444. The van der Waals surface area contributed by atoms with Crippen molar-refractivity contribution in [2.75, 3.05) is 12.3 Å². The summed E-state index contributed by atoms with van der Waals surface area (Å²) in [5, 5.41) is 18.1. The Morgan fingerprint density at radius 1 is 1.53 bits per heavy atom. The zero-order valence-electron chi connectivity index (χ0n) is 9.05. The Labute approximate surface area is 104 Å². The van der Waals surface area contributed by atoms with Crippen LogP contribution in [0.15, 0.2) is 11.4 Å². The van der Waals surface area contributed by atoms with Gasteiger partial charge >= 0.3 is 5.97 Å². The van der Waals surface area contributed by atoms with E-state index in [2.05, 4.69) is 5.32 Å². The number of carboxylic acid groups (broad SMARTS) is 1. The summed E-state index contributed by atoms with van der Waals surface area (Å²) in [6.07, 6.45) is 0.440. The SMILES string of the molecule is NS(=O)(=O)CCCNCc1cc(C(=O)O)cs1. The highest BCUT2D eigenvalue weighted by atomic mass is 32.2. The predicted octanol–water partition coefficient (Wildman–Crippen LogP) is 0.215. The molecule has 0 unspecified atom stereocenters. The van der Waals surface area contributed by atoms with Gasteiger partial charge in [0.25, 0.3) is 0 Å². The van der Waals surface area contributed by atoms with Crippen LogP contribution in [0.5, 0.6) is 0 Å². The Bertz CT molecular complexity index is 481. The maximum atomic E-state index is 10.6. The predicted molar refractivity (Wildman–Crippen MR) is 65.6 cm³/mol. The van der Waals surface area contributed by atoms with E-state index in [-0.39, 0.29) is 11.3 Å². The average Bonchev–Trinajstić information content (AvgIpc) is 2.64. The molecule has 0 radical (unpaired) electrons. The van der Waals surface area contributed by atoms with Crippen LogP contribution >= 0.6 is 11.3 Å². The maximum absolute atomic E-state index is 10.6. The van der Waals surface area contributed by atoms with E-state index in [4.69, 9.17) is 10.2 Å². The molecule has 0 saturated heterocycles. The second-order valence-corrected chi connectivity index (χ2v) is 6.23. The normalized spacial score (nSPS) is 11.6. The van der Waals surface area contributed by atoms with Crippen LogP contribution in [-0.2, 0) is 16.6 Å². The van der Waals surface area contributed by atoms with E-state index in [0.717, 1.165) is 4.88 Å². The highest BCUT2D eigenvalue weighted by molar-refractivity contribution is 7.89. The van der Waals surface area contributed by atoms with Gasteiger partial charge < -0.3 is 10.4 Å². The Balaban J connectivity index is 2.24. The third-order valence-electron chi connectivity index (χ3n) is 1.98. The third kappa shape index (κ3) is 5.78. The highest BCUT2D eigenvalue weighted by Crippen LogP contribution is 2.14. The number of thiophene rings is 1. The smallest absolute Gasteiger partial charge is 0.336 e. The lowest BCUT2D eigenvalue weighted by Crippen LogP contribution is -2.21. The maximum Gasteiger partial charge on any atom is 0.336 e. The molecular formula is C9H14N2O4S2. The summed E-state index contributed by atoms with van der Waals surface area (Å²) in [7, 11) is -3.39. The van der Waals surface area contributed by atoms with Crippen molar-refractivity contribution in [2.45, 2.75) is 13.0 Å². The summed E-state index contributed by atoms with van der Waals surface area (Å²) in [6.45, 7) is 1.05. The first-order valence-electron chi connectivity index (χ1n) is 4.90. The van der Waals surface area contributed by atoms with Crippen molar-refractivity contribution in [3.63, 3.8) is 0 Å². The molecule has 1 rings (SSSR count). The van der Waals surface area contributed by atoms with E-state index in [1.54, 1.807) is 11.4 Å². The molecule has 0 amide bonds. The minimum absolute atomic E-state index is 0.0508. The number of nitrogens with two attached hydrogens (primary N) is 1. The number of carbonyl (C=O) groups is 1. The Hall–Kier alpha value is -0.960. The quantitative estimate of drug-likeness (QED) is 0.618. The van der Waals surface area contributed by atoms with Gasteiger partial charge in [-0.1, -0.05) is 0 Å². The minimum atomic E-state index is -3.39. The summed E-state index contributed by atoms with van der Waals surface area (Å²) in [6, 6.07) is 1.60. The van der Waals surface area contributed by atoms with Gasteiger partial charge in [-0.05, 0) is 19.0 Å². The van der Waals surface area contributed by atoms with Crippen molar-refractivity contribution in [1.29, 1.82) is 0 Å². The molecule has 6 nitrogen and oxygen atoms in total. The molecule has 0 saturated carbocycles. The lowest BCUT2D eigenvalue weighted by Gasteiger charge is -2.01. The third-order valence-corrected chi connectivity index (χ3v) is 3.78. The van der Waals surface area contributed by atoms with Gasteiger partial charge in [-0.3, -0.25) is 0 Å². The van der Waals surface area contributed by atoms with Gasteiger partial charge in [0.05, 0.1) is 11.3 Å². The first kappa shape index (κ1) is 14.1. The first-order chi connectivity index (χ1) is 7.88. The molecule has 0 aliphatic carbocycles. The van der Waals surface area contributed by atoms with E-state index in [1.165, 1.54) is 11.3 Å². The van der Waals surface area contributed by atoms with E-state index in [9.17, 15) is 13.2 Å². The van der Waals surface area contributed by atoms with Gasteiger partial charge in [0.2, 0.25) is 10.0 Å². The molecule has 1 aromatic rings. The molecule has 0 aliphatic heterocycles. The molecule has 17 heavy (non-hydrogen) atoms. The number of rotatable bonds is 7. The lowest BCUT2D eigenvalue weighted by atomic mass is 10.3. The van der Waals surface area contributed by atoms with E-state index >= 15 is 0 Å². The number of hydrogen-bond acceptors (Lipinski definition) is 5. The zero-order chi connectivity index (χ0) is 12.9. The van der Waals surface area contributed by atoms with Crippen molar-refractivity contribution >= 4 is 27.3 Å². The van der Waals surface area contributed by atoms with Crippen LogP contribution in [0, 0.1) is 0 Å². The Morgan fingerprint density at radius 3 is 2.76 bits per heavy atom. The van der Waals surface area contributed by atoms with E-state index in [1.807, 2.05) is 0 Å². The van der Waals surface area contributed by atoms with Gasteiger partial charge in [0.1, 0.15) is 0 Å². The van der Waals surface area contributed by atoms with Crippen LogP contribution in [-0.4, -0.2) is 31.8 Å². The van der Waals surface area contributed by atoms with Gasteiger partial charge in [0, 0.05) is 16.8 Å². The molecule has 96 valence electrons. The van der Waals surface area contributed by atoms with Gasteiger partial charge in [0.15, 0.2) is 0 Å². The fourth-order valence-corrected chi connectivity index (χ4v) is 2.57. The number of nitrogens with one attached hydrogen (secondary N) is 1. The van der Waals surface area contributed by atoms with Crippen molar-refractivity contribution in [1.82, 2.24) is 5.32 Å². The second kappa shape index (κ2) is 6.10. The number of aromatic carboxylic acids is 1. The van der Waals surface area contributed by atoms with E-state index < -0.39 is 16.0 Å². The number of hydrogen-bond donors (Lipinski definition) is 3. The zero-order valence-corrected chi connectivity index (χ0v) is 10.7. The number of primary sulfonamides is 1. The van der Waals surface area contributed by atoms with Crippen LogP contribution < -0.4 is 10.5 Å². The van der Waals surface area contributed by atoms with Crippen LogP contribution in [0.25, 0.3) is 0 Å². The molecule has 0 aliphatic rings. The van der Waals surface area contributed by atoms with Gasteiger partial charge in [-0.2, -0.15) is 0 Å². The summed E-state index contributed by atoms with van der Waals surface area (Å²) in [5.74, 6) is -0.994. The standard InChI is InChI=1S/C9H14N2O4S2/c10-17(14,15)3-1-2-11-5-8-4-7(6-16-8)9(12)13/h4,6,11H,1-3,5H2,(H,12,13)(H2,10,14,15). The molecule has 0 fully saturated rings. The molecule has 0 bridgehead atoms. The number of carboxylic acids is 1. The van der Waals surface area contributed by atoms with Gasteiger partial charge in [-0.15, -0.1) is 11.3 Å². The topological polar surface area (TPSA) is 109 Å². The van der Waals surface area contributed by atoms with Crippen LogP contribution in [0.2, 0.25) is 0 Å². The highest BCUT2D eigenvalue weighted by Gasteiger charge is 2.06. The van der Waals surface area contributed by atoms with Crippen molar-refractivity contribution in [3.8, 4) is 0 Å². The Kier molecular flexibility index (Phi) is 5.06.